The van der Waals surface area contributed by atoms with Gasteiger partial charge in [0.15, 0.2) is 5.82 Å². The minimum atomic E-state index is 0.148. The highest BCUT2D eigenvalue weighted by Gasteiger charge is 2.07. The summed E-state index contributed by atoms with van der Waals surface area (Å²) >= 11 is 0. The van der Waals surface area contributed by atoms with E-state index in [0.29, 0.717) is 23.9 Å². The molecule has 2 aromatic carbocycles. The van der Waals surface area contributed by atoms with Crippen LogP contribution in [0, 0.1) is 11.3 Å². The minimum Gasteiger partial charge on any atom is -0.368 e. The number of benzene rings is 2. The molecule has 0 aliphatic heterocycles. The first kappa shape index (κ1) is 14.5. The number of hydrogen-bond donors (Lipinski definition) is 2. The highest BCUT2D eigenvalue weighted by molar-refractivity contribution is 5.58. The molecule has 3 N–H and O–H groups in total. The van der Waals surface area contributed by atoms with Crippen LogP contribution in [0.4, 0.5) is 11.9 Å². The van der Waals surface area contributed by atoms with Gasteiger partial charge in [-0.15, -0.1) is 0 Å². The topological polar surface area (TPSA) is 101 Å². The molecule has 0 amide bonds. The van der Waals surface area contributed by atoms with Gasteiger partial charge >= 0.3 is 0 Å². The summed E-state index contributed by atoms with van der Waals surface area (Å²) in [6.45, 7) is 0.594. The Morgan fingerprint density at radius 3 is 2.39 bits per heavy atom. The molecule has 6 heteroatoms. The van der Waals surface area contributed by atoms with Gasteiger partial charge in [0.2, 0.25) is 11.9 Å². The molecule has 0 atom stereocenters. The van der Waals surface area contributed by atoms with Gasteiger partial charge < -0.3 is 11.1 Å². The lowest BCUT2D eigenvalue weighted by molar-refractivity contribution is 1.02. The maximum absolute atomic E-state index is 8.84. The first-order valence-corrected chi connectivity index (χ1v) is 7.04. The SMILES string of the molecule is N#Cc1ccc(-c2nc(N)nc(NCc3ccccc3)n2)cc1. The van der Waals surface area contributed by atoms with E-state index in [-0.39, 0.29) is 5.95 Å². The van der Waals surface area contributed by atoms with Gasteiger partial charge in [0.05, 0.1) is 11.6 Å². The summed E-state index contributed by atoms with van der Waals surface area (Å²) in [5.74, 6) is 1.04. The van der Waals surface area contributed by atoms with E-state index in [0.717, 1.165) is 11.1 Å². The van der Waals surface area contributed by atoms with E-state index < -0.39 is 0 Å². The first-order valence-electron chi connectivity index (χ1n) is 7.04. The van der Waals surface area contributed by atoms with Gasteiger partial charge in [0.1, 0.15) is 0 Å². The maximum Gasteiger partial charge on any atom is 0.228 e. The monoisotopic (exact) mass is 302 g/mol. The van der Waals surface area contributed by atoms with Gasteiger partial charge in [-0.05, 0) is 29.8 Å². The average molecular weight is 302 g/mol. The molecule has 0 unspecified atom stereocenters. The van der Waals surface area contributed by atoms with Crippen LogP contribution < -0.4 is 11.1 Å². The fourth-order valence-corrected chi connectivity index (χ4v) is 2.07. The lowest BCUT2D eigenvalue weighted by Gasteiger charge is -2.07. The Hall–Kier alpha value is -3.46. The smallest absolute Gasteiger partial charge is 0.228 e. The van der Waals surface area contributed by atoms with Crippen molar-refractivity contribution in [3.63, 3.8) is 0 Å². The van der Waals surface area contributed by atoms with E-state index in [1.807, 2.05) is 30.3 Å². The van der Waals surface area contributed by atoms with E-state index in [9.17, 15) is 0 Å². The summed E-state index contributed by atoms with van der Waals surface area (Å²) in [7, 11) is 0. The molecule has 112 valence electrons. The summed E-state index contributed by atoms with van der Waals surface area (Å²) in [5.41, 5.74) is 8.24. The van der Waals surface area contributed by atoms with Crippen LogP contribution >= 0.6 is 0 Å². The summed E-state index contributed by atoms with van der Waals surface area (Å²) in [4.78, 5) is 12.6. The van der Waals surface area contributed by atoms with E-state index in [4.69, 9.17) is 11.0 Å². The maximum atomic E-state index is 8.84. The number of anilines is 2. The molecular formula is C17H14N6. The zero-order valence-corrected chi connectivity index (χ0v) is 12.3. The number of aromatic nitrogens is 3. The number of nitrogen functional groups attached to an aromatic ring is 1. The summed E-state index contributed by atoms with van der Waals surface area (Å²) in [6, 6.07) is 19.0. The van der Waals surface area contributed by atoms with E-state index in [1.165, 1.54) is 0 Å². The number of nitrogens with zero attached hydrogens (tertiary/aromatic N) is 4. The normalized spacial score (nSPS) is 10.0. The second kappa shape index (κ2) is 6.54. The third kappa shape index (κ3) is 3.60. The molecule has 3 aromatic rings. The molecule has 0 bridgehead atoms. The van der Waals surface area contributed by atoms with Crippen LogP contribution in [0.2, 0.25) is 0 Å². The second-order valence-electron chi connectivity index (χ2n) is 4.87. The standard InChI is InChI=1S/C17H14N6/c18-10-12-6-8-14(9-7-12)15-21-16(19)23-17(22-15)20-11-13-4-2-1-3-5-13/h1-9H,11H2,(H3,19,20,21,22,23). The second-order valence-corrected chi connectivity index (χ2v) is 4.87. The molecule has 1 aromatic heterocycles. The Morgan fingerprint density at radius 1 is 0.957 bits per heavy atom. The molecule has 1 heterocycles. The Balaban J connectivity index is 1.82. The highest BCUT2D eigenvalue weighted by atomic mass is 15.2. The van der Waals surface area contributed by atoms with Gasteiger partial charge in [-0.1, -0.05) is 30.3 Å². The first-order chi connectivity index (χ1) is 11.2. The van der Waals surface area contributed by atoms with Crippen LogP contribution in [0.3, 0.4) is 0 Å². The third-order valence-corrected chi connectivity index (χ3v) is 3.22. The van der Waals surface area contributed by atoms with Gasteiger partial charge in [-0.3, -0.25) is 0 Å². The van der Waals surface area contributed by atoms with Gasteiger partial charge in [0, 0.05) is 12.1 Å². The average Bonchev–Trinajstić information content (AvgIpc) is 2.60. The number of rotatable bonds is 4. The van der Waals surface area contributed by atoms with Crippen molar-refractivity contribution < 1.29 is 0 Å². The lowest BCUT2D eigenvalue weighted by atomic mass is 10.1. The molecule has 0 saturated heterocycles. The number of nitrogens with one attached hydrogen (secondary N) is 1. The number of nitrogens with two attached hydrogens (primary N) is 1. The van der Waals surface area contributed by atoms with Gasteiger partial charge in [-0.2, -0.15) is 20.2 Å². The molecule has 23 heavy (non-hydrogen) atoms. The number of nitriles is 1. The fourth-order valence-electron chi connectivity index (χ4n) is 2.07. The van der Waals surface area contributed by atoms with Crippen LogP contribution in [0.25, 0.3) is 11.4 Å². The van der Waals surface area contributed by atoms with Crippen molar-refractivity contribution in [3.05, 3.63) is 65.7 Å². The van der Waals surface area contributed by atoms with Crippen molar-refractivity contribution >= 4 is 11.9 Å². The van der Waals surface area contributed by atoms with E-state index >= 15 is 0 Å². The summed E-state index contributed by atoms with van der Waals surface area (Å²) in [6.07, 6.45) is 0. The molecule has 0 spiro atoms. The quantitative estimate of drug-likeness (QED) is 0.768. The predicted octanol–water partition coefficient (Wildman–Crippen LogP) is 2.60. The van der Waals surface area contributed by atoms with Crippen LogP contribution in [0.15, 0.2) is 54.6 Å². The molecule has 0 fully saturated rings. The molecule has 3 rings (SSSR count). The molecular weight excluding hydrogens is 288 g/mol. The van der Waals surface area contributed by atoms with Gasteiger partial charge in [0.25, 0.3) is 0 Å². The number of hydrogen-bond acceptors (Lipinski definition) is 6. The fraction of sp³-hybridized carbons (Fsp3) is 0.0588. The molecule has 6 nitrogen and oxygen atoms in total. The predicted molar refractivity (Wildman–Crippen MR) is 88.2 cm³/mol. The largest absolute Gasteiger partial charge is 0.368 e. The Kier molecular flexibility index (Phi) is 4.11. The van der Waals surface area contributed by atoms with Crippen molar-refractivity contribution in [1.82, 2.24) is 15.0 Å². The van der Waals surface area contributed by atoms with Crippen molar-refractivity contribution in [2.45, 2.75) is 6.54 Å². The molecule has 0 saturated carbocycles. The third-order valence-electron chi connectivity index (χ3n) is 3.22. The highest BCUT2D eigenvalue weighted by Crippen LogP contribution is 2.18. The van der Waals surface area contributed by atoms with Crippen molar-refractivity contribution in [3.8, 4) is 17.5 Å². The van der Waals surface area contributed by atoms with E-state index in [2.05, 4.69) is 26.3 Å². The minimum absolute atomic E-state index is 0.148. The molecule has 0 radical (unpaired) electrons. The van der Waals surface area contributed by atoms with Crippen molar-refractivity contribution in [1.29, 1.82) is 5.26 Å². The summed E-state index contributed by atoms with van der Waals surface area (Å²) in [5, 5.41) is 12.0. The van der Waals surface area contributed by atoms with Crippen LogP contribution in [-0.2, 0) is 6.54 Å². The Labute approximate surface area is 133 Å². The van der Waals surface area contributed by atoms with Gasteiger partial charge in [-0.25, -0.2) is 0 Å². The zero-order valence-electron chi connectivity index (χ0n) is 12.3. The summed E-state index contributed by atoms with van der Waals surface area (Å²) < 4.78 is 0. The van der Waals surface area contributed by atoms with Crippen molar-refractivity contribution in [2.24, 2.45) is 0 Å². The van der Waals surface area contributed by atoms with Crippen LogP contribution in [0.5, 0.6) is 0 Å². The van der Waals surface area contributed by atoms with Crippen LogP contribution in [-0.4, -0.2) is 15.0 Å². The lowest BCUT2D eigenvalue weighted by Crippen LogP contribution is -2.08. The van der Waals surface area contributed by atoms with Crippen molar-refractivity contribution in [2.75, 3.05) is 11.1 Å². The molecule has 0 aliphatic rings. The Bertz CT molecular complexity index is 837. The Morgan fingerprint density at radius 2 is 1.70 bits per heavy atom. The zero-order chi connectivity index (χ0) is 16.1. The van der Waals surface area contributed by atoms with E-state index in [1.54, 1.807) is 24.3 Å². The molecule has 0 aliphatic carbocycles. The van der Waals surface area contributed by atoms with Crippen LogP contribution in [0.1, 0.15) is 11.1 Å².